The monoisotopic (exact) mass is 318 g/mol. The fraction of sp³-hybridized carbons (Fsp3) is 0.692. The van der Waals surface area contributed by atoms with Crippen LogP contribution in [0.4, 0.5) is 0 Å². The van der Waals surface area contributed by atoms with E-state index in [2.05, 4.69) is 32.9 Å². The summed E-state index contributed by atoms with van der Waals surface area (Å²) in [5.74, 6) is 0. The van der Waals surface area contributed by atoms with Crippen molar-refractivity contribution in [2.75, 3.05) is 21.3 Å². The Labute approximate surface area is 111 Å². The summed E-state index contributed by atoms with van der Waals surface area (Å²) in [4.78, 5) is 0. The van der Waals surface area contributed by atoms with Crippen molar-refractivity contribution < 1.29 is 30.0 Å². The third-order valence-corrected chi connectivity index (χ3v) is 10.00. The van der Waals surface area contributed by atoms with Gasteiger partial charge in [0.15, 0.2) is 0 Å². The Bertz CT molecular complexity index is 314. The van der Waals surface area contributed by atoms with Gasteiger partial charge in [0.05, 0.1) is 0 Å². The minimum atomic E-state index is -3.45. The van der Waals surface area contributed by atoms with E-state index in [-0.39, 0.29) is 5.41 Å². The molecule has 1 rings (SSSR count). The molecule has 0 saturated heterocycles. The van der Waals surface area contributed by atoms with Crippen LogP contribution in [-0.4, -0.2) is 21.3 Å². The van der Waals surface area contributed by atoms with Crippen molar-refractivity contribution in [3.05, 3.63) is 21.0 Å². The molecule has 1 aliphatic carbocycles. The van der Waals surface area contributed by atoms with Crippen LogP contribution in [0.1, 0.15) is 33.6 Å². The fourth-order valence-corrected chi connectivity index (χ4v) is 7.57. The second-order valence-electron chi connectivity index (χ2n) is 5.52. The van der Waals surface area contributed by atoms with Crippen LogP contribution in [0, 0.1) is 5.41 Å². The van der Waals surface area contributed by atoms with E-state index in [1.54, 1.807) is 21.3 Å². The molecule has 0 heterocycles. The van der Waals surface area contributed by atoms with Gasteiger partial charge in [-0.05, 0) is 0 Å². The van der Waals surface area contributed by atoms with Crippen LogP contribution in [0.2, 0.25) is 0 Å². The van der Waals surface area contributed by atoms with Crippen LogP contribution in [0.25, 0.3) is 0 Å². The van der Waals surface area contributed by atoms with Crippen LogP contribution in [0.15, 0.2) is 21.0 Å². The number of rotatable bonds is 5. The SMILES string of the molecule is C[O][Zr]([O]C)([O]C)[C]1=C(CC(C)(C)C)C=CC1. The molecule has 0 bridgehead atoms. The Morgan fingerprint density at radius 3 is 2.06 bits per heavy atom. The molecule has 0 amide bonds. The first-order valence-electron chi connectivity index (χ1n) is 5.93. The van der Waals surface area contributed by atoms with Crippen LogP contribution in [0.5, 0.6) is 0 Å². The molecule has 4 heteroatoms. The zero-order valence-corrected chi connectivity index (χ0v) is 14.3. The molecule has 98 valence electrons. The van der Waals surface area contributed by atoms with Crippen molar-refractivity contribution in [3.8, 4) is 0 Å². The summed E-state index contributed by atoms with van der Waals surface area (Å²) in [6.45, 7) is 6.73. The fourth-order valence-electron chi connectivity index (χ4n) is 2.23. The summed E-state index contributed by atoms with van der Waals surface area (Å²) in [5.41, 5.74) is 1.61. The molecule has 3 nitrogen and oxygen atoms in total. The van der Waals surface area contributed by atoms with Crippen LogP contribution < -0.4 is 0 Å². The molecule has 0 aromatic carbocycles. The Kier molecular flexibility index (Phi) is 5.33. The molecular weight excluding hydrogens is 295 g/mol. The van der Waals surface area contributed by atoms with E-state index in [1.165, 1.54) is 8.85 Å². The zero-order chi connectivity index (χ0) is 13.1. The van der Waals surface area contributed by atoms with E-state index in [1.807, 2.05) is 0 Å². The molecule has 0 saturated carbocycles. The van der Waals surface area contributed by atoms with Crippen molar-refractivity contribution in [2.24, 2.45) is 5.41 Å². The van der Waals surface area contributed by atoms with Gasteiger partial charge in [-0.3, -0.25) is 0 Å². The van der Waals surface area contributed by atoms with Crippen molar-refractivity contribution in [2.45, 2.75) is 33.6 Å². The minimum absolute atomic E-state index is 0.266. The average Bonchev–Trinajstić information content (AvgIpc) is 2.68. The normalized spacial score (nSPS) is 17.1. The molecule has 0 spiro atoms. The van der Waals surface area contributed by atoms with Crippen LogP contribution in [0.3, 0.4) is 0 Å². The maximum absolute atomic E-state index is 5.63. The molecule has 0 N–H and O–H groups in total. The van der Waals surface area contributed by atoms with Gasteiger partial charge in [-0.25, -0.2) is 0 Å². The van der Waals surface area contributed by atoms with E-state index >= 15 is 0 Å². The van der Waals surface area contributed by atoms with E-state index in [0.717, 1.165) is 12.8 Å². The van der Waals surface area contributed by atoms with E-state index < -0.39 is 21.6 Å². The molecule has 0 aromatic rings. The molecule has 0 aliphatic heterocycles. The second-order valence-corrected chi connectivity index (χ2v) is 12.7. The summed E-state index contributed by atoms with van der Waals surface area (Å²) in [5, 5.41) is 0. The van der Waals surface area contributed by atoms with Gasteiger partial charge in [0.2, 0.25) is 0 Å². The first-order valence-corrected chi connectivity index (χ1v) is 10.2. The molecule has 17 heavy (non-hydrogen) atoms. The third kappa shape index (κ3) is 3.60. The summed E-state index contributed by atoms with van der Waals surface area (Å²) in [7, 11) is 5.09. The van der Waals surface area contributed by atoms with Crippen LogP contribution in [-0.2, 0) is 30.0 Å². The summed E-state index contributed by atoms with van der Waals surface area (Å²) in [6.07, 6.45) is 6.33. The molecule has 0 aromatic heterocycles. The van der Waals surface area contributed by atoms with Crippen molar-refractivity contribution >= 4 is 0 Å². The van der Waals surface area contributed by atoms with Gasteiger partial charge in [0.25, 0.3) is 0 Å². The number of hydrogen-bond donors (Lipinski definition) is 0. The number of allylic oxidation sites excluding steroid dienone is 4. The van der Waals surface area contributed by atoms with E-state index in [0.29, 0.717) is 0 Å². The molecule has 1 aliphatic rings. The van der Waals surface area contributed by atoms with Gasteiger partial charge in [-0.15, -0.1) is 0 Å². The first kappa shape index (κ1) is 15.3. The number of hydrogen-bond acceptors (Lipinski definition) is 3. The maximum atomic E-state index is 5.63. The van der Waals surface area contributed by atoms with Crippen LogP contribution >= 0.6 is 0 Å². The second kappa shape index (κ2) is 5.92. The standard InChI is InChI=1S/C10H15.3CH3O.Zr/c1-10(2,3)8-9-6-4-5-7-9;3*1-2;/h4,6H,5,8H2,1-3H3;3*1H3;/q;3*-1;+3. The molecule has 0 fully saturated rings. The Morgan fingerprint density at radius 2 is 1.65 bits per heavy atom. The van der Waals surface area contributed by atoms with Gasteiger partial charge < -0.3 is 0 Å². The van der Waals surface area contributed by atoms with Gasteiger partial charge >= 0.3 is 111 Å². The van der Waals surface area contributed by atoms with Gasteiger partial charge in [0.1, 0.15) is 0 Å². The predicted octanol–water partition coefficient (Wildman–Crippen LogP) is 3.47. The third-order valence-electron chi connectivity index (χ3n) is 2.93. The van der Waals surface area contributed by atoms with Crippen molar-refractivity contribution in [3.63, 3.8) is 0 Å². The molecule has 0 atom stereocenters. The summed E-state index contributed by atoms with van der Waals surface area (Å²) >= 11 is -3.45. The summed E-state index contributed by atoms with van der Waals surface area (Å²) in [6, 6.07) is 0. The van der Waals surface area contributed by atoms with Gasteiger partial charge in [-0.1, -0.05) is 0 Å². The molecule has 0 radical (unpaired) electrons. The first-order chi connectivity index (χ1) is 7.88. The van der Waals surface area contributed by atoms with E-state index in [4.69, 9.17) is 8.44 Å². The molecular formula is C13H24O3Zr. The predicted molar refractivity (Wildman–Crippen MR) is 65.9 cm³/mol. The zero-order valence-electron chi connectivity index (χ0n) is 11.8. The van der Waals surface area contributed by atoms with Gasteiger partial charge in [-0.2, -0.15) is 0 Å². The Hall–Kier alpha value is 0.243. The van der Waals surface area contributed by atoms with E-state index in [9.17, 15) is 0 Å². The quantitative estimate of drug-likeness (QED) is 0.776. The average molecular weight is 320 g/mol. The molecule has 0 unspecified atom stereocenters. The topological polar surface area (TPSA) is 27.7 Å². The Balaban J connectivity index is 3.05. The summed E-state index contributed by atoms with van der Waals surface area (Å²) < 4.78 is 18.2. The van der Waals surface area contributed by atoms with Crippen molar-refractivity contribution in [1.29, 1.82) is 0 Å². The Morgan fingerprint density at radius 1 is 1.12 bits per heavy atom. The van der Waals surface area contributed by atoms with Crippen molar-refractivity contribution in [1.82, 2.24) is 0 Å². The van der Waals surface area contributed by atoms with Gasteiger partial charge in [0, 0.05) is 0 Å².